The molecule has 0 aliphatic carbocycles. The summed E-state index contributed by atoms with van der Waals surface area (Å²) in [5.41, 5.74) is 4.53. The van der Waals surface area contributed by atoms with Crippen molar-refractivity contribution in [3.8, 4) is 11.8 Å². The fraction of sp³-hybridized carbons (Fsp3) is 0.438. The zero-order chi connectivity index (χ0) is 28.4. The second-order valence-corrected chi connectivity index (χ2v) is 12.3. The minimum atomic E-state index is -4.31. The van der Waals surface area contributed by atoms with Crippen LogP contribution in [0, 0.1) is 11.8 Å². The first-order chi connectivity index (χ1) is 19.9. The Hall–Kier alpha value is -3.19. The number of nitrogens with one attached hydrogen (secondary N) is 4. The van der Waals surface area contributed by atoms with Crippen LogP contribution >= 0.6 is 11.3 Å². The van der Waals surface area contributed by atoms with Gasteiger partial charge in [0.15, 0.2) is 0 Å². The molecule has 0 spiro atoms. The van der Waals surface area contributed by atoms with E-state index in [0.717, 1.165) is 73.5 Å². The molecule has 0 bridgehead atoms. The summed E-state index contributed by atoms with van der Waals surface area (Å²) < 4.78 is 41.8. The second-order valence-electron chi connectivity index (χ2n) is 11.3. The van der Waals surface area contributed by atoms with E-state index in [0.29, 0.717) is 28.8 Å². The number of halogens is 3. The standard InChI is InChI=1S/C32H36F3N5S/c1-40-17-12-22(13-18-40)39-28-8-3-6-24-25(19-32(33,34)35)29(41-31(24)28)9-4-14-37-27-7-2-5-23-26(20-38-30(23)27)21-10-15-36-16-11-21/h2-3,5-8,20-22,36-39H,10-19H2,1H3. The average molecular weight is 580 g/mol. The quantitative estimate of drug-likeness (QED) is 0.187. The van der Waals surface area contributed by atoms with E-state index in [-0.39, 0.29) is 5.56 Å². The molecular formula is C32H36F3N5S. The van der Waals surface area contributed by atoms with Crippen LogP contribution in [0.25, 0.3) is 21.0 Å². The van der Waals surface area contributed by atoms with Gasteiger partial charge < -0.3 is 25.8 Å². The number of aromatic nitrogens is 1. The molecule has 6 rings (SSSR count). The number of fused-ring (bicyclic) bond motifs is 2. The number of piperidine rings is 2. The highest BCUT2D eigenvalue weighted by atomic mass is 32.1. The van der Waals surface area contributed by atoms with Crippen molar-refractivity contribution in [3.63, 3.8) is 0 Å². The number of alkyl halides is 3. The highest BCUT2D eigenvalue weighted by Crippen LogP contribution is 2.39. The summed E-state index contributed by atoms with van der Waals surface area (Å²) in [6.07, 6.45) is 1.10. The van der Waals surface area contributed by atoms with Crippen LogP contribution in [0.3, 0.4) is 0 Å². The highest BCUT2D eigenvalue weighted by molar-refractivity contribution is 7.20. The van der Waals surface area contributed by atoms with E-state index in [2.05, 4.69) is 57.0 Å². The Morgan fingerprint density at radius 2 is 1.73 bits per heavy atom. The van der Waals surface area contributed by atoms with Crippen molar-refractivity contribution >= 4 is 43.7 Å². The third-order valence-electron chi connectivity index (χ3n) is 8.37. The minimum Gasteiger partial charge on any atom is -0.381 e. The van der Waals surface area contributed by atoms with Crippen molar-refractivity contribution < 1.29 is 13.2 Å². The number of para-hydroxylation sites is 1. The predicted octanol–water partition coefficient (Wildman–Crippen LogP) is 6.92. The maximum absolute atomic E-state index is 13.6. The van der Waals surface area contributed by atoms with Crippen LogP contribution in [0.15, 0.2) is 42.6 Å². The van der Waals surface area contributed by atoms with Crippen molar-refractivity contribution in [1.82, 2.24) is 15.2 Å². The number of nitrogens with zero attached hydrogens (tertiary/aromatic N) is 1. The van der Waals surface area contributed by atoms with Gasteiger partial charge in [-0.3, -0.25) is 0 Å². The topological polar surface area (TPSA) is 55.1 Å². The molecule has 2 aromatic carbocycles. The Kier molecular flexibility index (Phi) is 8.16. The fourth-order valence-corrected chi connectivity index (χ4v) is 7.36. The van der Waals surface area contributed by atoms with Crippen molar-refractivity contribution in [1.29, 1.82) is 0 Å². The van der Waals surface area contributed by atoms with Gasteiger partial charge in [-0.15, -0.1) is 11.3 Å². The van der Waals surface area contributed by atoms with Gasteiger partial charge >= 0.3 is 6.18 Å². The molecule has 2 aromatic heterocycles. The molecule has 216 valence electrons. The first kappa shape index (κ1) is 28.0. The number of anilines is 2. The van der Waals surface area contributed by atoms with Gasteiger partial charge in [0.2, 0.25) is 0 Å². The summed E-state index contributed by atoms with van der Waals surface area (Å²) in [7, 11) is 2.12. The third kappa shape index (κ3) is 6.35. The molecule has 0 saturated carbocycles. The van der Waals surface area contributed by atoms with Gasteiger partial charge in [-0.2, -0.15) is 13.2 Å². The number of likely N-dealkylation sites (tertiary alicyclic amines) is 1. The van der Waals surface area contributed by atoms with Gasteiger partial charge in [0, 0.05) is 17.6 Å². The SMILES string of the molecule is CN1CCC(Nc2cccc3c(CC(F)(F)F)c(C#CCNc4cccc5c(C6CCNCC6)c[nH]c45)sc23)CC1. The summed E-state index contributed by atoms with van der Waals surface area (Å²) in [6.45, 7) is 4.43. The van der Waals surface area contributed by atoms with Crippen LogP contribution in [0.1, 0.15) is 47.6 Å². The van der Waals surface area contributed by atoms with Crippen molar-refractivity contribution in [2.45, 2.75) is 50.2 Å². The number of hydrogen-bond donors (Lipinski definition) is 4. The maximum Gasteiger partial charge on any atom is 0.393 e. The molecule has 2 aliphatic rings. The van der Waals surface area contributed by atoms with Gasteiger partial charge in [0.05, 0.1) is 39.4 Å². The molecule has 0 radical (unpaired) electrons. The number of aromatic amines is 1. The van der Waals surface area contributed by atoms with E-state index in [1.54, 1.807) is 6.07 Å². The van der Waals surface area contributed by atoms with Gasteiger partial charge in [-0.05, 0) is 93.5 Å². The predicted molar refractivity (Wildman–Crippen MR) is 164 cm³/mol. The second kappa shape index (κ2) is 12.0. The Bertz CT molecular complexity index is 1560. The summed E-state index contributed by atoms with van der Waals surface area (Å²) in [4.78, 5) is 6.23. The summed E-state index contributed by atoms with van der Waals surface area (Å²) in [5, 5.41) is 12.3. The number of thiophene rings is 1. The number of H-pyrrole nitrogens is 1. The van der Waals surface area contributed by atoms with E-state index >= 15 is 0 Å². The number of benzene rings is 2. The van der Waals surface area contributed by atoms with Crippen LogP contribution in [-0.2, 0) is 6.42 Å². The lowest BCUT2D eigenvalue weighted by molar-refractivity contribution is -0.126. The van der Waals surface area contributed by atoms with Crippen LogP contribution in [0.2, 0.25) is 0 Å². The van der Waals surface area contributed by atoms with Gasteiger partial charge in [-0.25, -0.2) is 0 Å². The van der Waals surface area contributed by atoms with Crippen LogP contribution < -0.4 is 16.0 Å². The van der Waals surface area contributed by atoms with Gasteiger partial charge in [-0.1, -0.05) is 36.1 Å². The fourth-order valence-electron chi connectivity index (χ4n) is 6.19. The lowest BCUT2D eigenvalue weighted by Crippen LogP contribution is -2.36. The van der Waals surface area contributed by atoms with Gasteiger partial charge in [0.1, 0.15) is 0 Å². The Labute approximate surface area is 242 Å². The molecule has 4 aromatic rings. The molecule has 0 unspecified atom stereocenters. The highest BCUT2D eigenvalue weighted by Gasteiger charge is 2.31. The van der Waals surface area contributed by atoms with Crippen LogP contribution in [-0.4, -0.2) is 61.9 Å². The van der Waals surface area contributed by atoms with E-state index in [1.165, 1.54) is 22.3 Å². The molecule has 4 heterocycles. The smallest absolute Gasteiger partial charge is 0.381 e. The van der Waals surface area contributed by atoms with E-state index in [4.69, 9.17) is 0 Å². The molecule has 2 fully saturated rings. The Morgan fingerprint density at radius 3 is 2.49 bits per heavy atom. The molecule has 0 atom stereocenters. The first-order valence-electron chi connectivity index (χ1n) is 14.5. The number of rotatable bonds is 6. The largest absolute Gasteiger partial charge is 0.393 e. The van der Waals surface area contributed by atoms with Crippen molar-refractivity contribution in [2.75, 3.05) is 50.4 Å². The molecule has 5 nitrogen and oxygen atoms in total. The lowest BCUT2D eigenvalue weighted by Gasteiger charge is -2.30. The van der Waals surface area contributed by atoms with Gasteiger partial charge in [0.25, 0.3) is 0 Å². The first-order valence-corrected chi connectivity index (χ1v) is 15.3. The monoisotopic (exact) mass is 579 g/mol. The lowest BCUT2D eigenvalue weighted by atomic mass is 9.90. The van der Waals surface area contributed by atoms with E-state index in [1.807, 2.05) is 24.3 Å². The number of hydrogen-bond acceptors (Lipinski definition) is 5. The van der Waals surface area contributed by atoms with Crippen molar-refractivity contribution in [3.05, 3.63) is 58.6 Å². The molecule has 2 aliphatic heterocycles. The van der Waals surface area contributed by atoms with Crippen LogP contribution in [0.5, 0.6) is 0 Å². The van der Waals surface area contributed by atoms with Crippen LogP contribution in [0.4, 0.5) is 24.5 Å². The summed E-state index contributed by atoms with van der Waals surface area (Å²) in [6, 6.07) is 12.1. The molecule has 0 amide bonds. The van der Waals surface area contributed by atoms with Crippen molar-refractivity contribution in [2.24, 2.45) is 0 Å². The zero-order valence-corrected chi connectivity index (χ0v) is 24.1. The maximum atomic E-state index is 13.6. The van der Waals surface area contributed by atoms with E-state index in [9.17, 15) is 13.2 Å². The molecule has 41 heavy (non-hydrogen) atoms. The third-order valence-corrected chi connectivity index (χ3v) is 9.57. The average Bonchev–Trinajstić information content (AvgIpc) is 3.55. The molecule has 4 N–H and O–H groups in total. The summed E-state index contributed by atoms with van der Waals surface area (Å²) >= 11 is 1.36. The van der Waals surface area contributed by atoms with E-state index < -0.39 is 12.6 Å². The zero-order valence-electron chi connectivity index (χ0n) is 23.3. The normalized spacial score (nSPS) is 17.6. The minimum absolute atomic E-state index is 0.273. The molecule has 9 heteroatoms. The Balaban J connectivity index is 1.23. The Morgan fingerprint density at radius 1 is 1.00 bits per heavy atom. The molecule has 2 saturated heterocycles. The summed E-state index contributed by atoms with van der Waals surface area (Å²) in [5.74, 6) is 6.74. The molecular weight excluding hydrogens is 543 g/mol.